The molecule has 0 aliphatic carbocycles. The Bertz CT molecular complexity index is 423. The van der Waals surface area contributed by atoms with Crippen LogP contribution in [0.2, 0.25) is 0 Å². The molecule has 0 radical (unpaired) electrons. The Morgan fingerprint density at radius 1 is 1.50 bits per heavy atom. The van der Waals surface area contributed by atoms with E-state index < -0.39 is 5.82 Å². The Labute approximate surface area is 115 Å². The molecule has 0 bridgehead atoms. The molecule has 1 rings (SSSR count). The van der Waals surface area contributed by atoms with E-state index in [1.807, 2.05) is 13.8 Å². The van der Waals surface area contributed by atoms with Crippen molar-refractivity contribution in [3.8, 4) is 0 Å². The van der Waals surface area contributed by atoms with Crippen LogP contribution in [-0.2, 0) is 0 Å². The van der Waals surface area contributed by atoms with Gasteiger partial charge in [-0.05, 0) is 40.4 Å². The molecular formula is C13H17BrFNO2. The predicted octanol–water partition coefficient (Wildman–Crippen LogP) is 2.73. The summed E-state index contributed by atoms with van der Waals surface area (Å²) in [6.07, 6.45) is 0.676. The van der Waals surface area contributed by atoms with E-state index in [0.29, 0.717) is 12.3 Å². The molecule has 0 aliphatic heterocycles. The molecular weight excluding hydrogens is 301 g/mol. The van der Waals surface area contributed by atoms with Gasteiger partial charge in [0.05, 0.1) is 22.7 Å². The molecule has 2 N–H and O–H groups in total. The first-order chi connectivity index (χ1) is 8.45. The molecule has 1 aromatic rings. The Kier molecular flexibility index (Phi) is 5.75. The number of amides is 1. The van der Waals surface area contributed by atoms with Gasteiger partial charge in [0.25, 0.3) is 5.91 Å². The number of aliphatic hydroxyl groups excluding tert-OH is 1. The topological polar surface area (TPSA) is 49.3 Å². The lowest BCUT2D eigenvalue weighted by Crippen LogP contribution is -2.38. The molecule has 0 aliphatic rings. The summed E-state index contributed by atoms with van der Waals surface area (Å²) in [5.41, 5.74) is 0.234. The van der Waals surface area contributed by atoms with Gasteiger partial charge in [-0.1, -0.05) is 19.9 Å². The zero-order chi connectivity index (χ0) is 13.7. The van der Waals surface area contributed by atoms with Gasteiger partial charge in [-0.2, -0.15) is 0 Å². The van der Waals surface area contributed by atoms with Gasteiger partial charge in [-0.15, -0.1) is 0 Å². The minimum atomic E-state index is -0.480. The summed E-state index contributed by atoms with van der Waals surface area (Å²) in [7, 11) is 0. The lowest BCUT2D eigenvalue weighted by atomic mass is 10.0. The van der Waals surface area contributed by atoms with Gasteiger partial charge in [-0.25, -0.2) is 4.39 Å². The maximum absolute atomic E-state index is 13.3. The Balaban J connectivity index is 2.78. The predicted molar refractivity (Wildman–Crippen MR) is 71.9 cm³/mol. The monoisotopic (exact) mass is 317 g/mol. The number of halogens is 2. The van der Waals surface area contributed by atoms with Gasteiger partial charge < -0.3 is 10.4 Å². The summed E-state index contributed by atoms with van der Waals surface area (Å²) < 4.78 is 13.4. The normalized spacial score (nSPS) is 12.6. The second-order valence-electron chi connectivity index (χ2n) is 4.58. The summed E-state index contributed by atoms with van der Waals surface area (Å²) in [5.74, 6) is -0.508. The molecule has 0 saturated carbocycles. The molecule has 1 amide bonds. The fourth-order valence-corrected chi connectivity index (χ4v) is 2.13. The summed E-state index contributed by atoms with van der Waals surface area (Å²) in [6, 6.07) is 3.98. The number of rotatable bonds is 5. The highest BCUT2D eigenvalue weighted by atomic mass is 79.9. The van der Waals surface area contributed by atoms with Gasteiger partial charge in [0.1, 0.15) is 5.82 Å². The quantitative estimate of drug-likeness (QED) is 0.877. The molecule has 0 heterocycles. The van der Waals surface area contributed by atoms with Crippen molar-refractivity contribution in [3.63, 3.8) is 0 Å². The minimum Gasteiger partial charge on any atom is -0.394 e. The highest BCUT2D eigenvalue weighted by Crippen LogP contribution is 2.20. The average Bonchev–Trinajstić information content (AvgIpc) is 2.31. The average molecular weight is 318 g/mol. The number of benzene rings is 1. The molecule has 18 heavy (non-hydrogen) atoms. The van der Waals surface area contributed by atoms with Crippen molar-refractivity contribution in [2.24, 2.45) is 5.92 Å². The van der Waals surface area contributed by atoms with E-state index in [4.69, 9.17) is 0 Å². The van der Waals surface area contributed by atoms with Crippen LogP contribution in [0.15, 0.2) is 22.7 Å². The molecule has 1 aromatic carbocycles. The smallest absolute Gasteiger partial charge is 0.252 e. The lowest BCUT2D eigenvalue weighted by molar-refractivity contribution is 0.0907. The zero-order valence-corrected chi connectivity index (χ0v) is 12.0. The van der Waals surface area contributed by atoms with Crippen LogP contribution in [0.25, 0.3) is 0 Å². The van der Waals surface area contributed by atoms with Gasteiger partial charge in [0, 0.05) is 0 Å². The molecule has 5 heteroatoms. The van der Waals surface area contributed by atoms with Crippen molar-refractivity contribution in [3.05, 3.63) is 34.1 Å². The van der Waals surface area contributed by atoms with Crippen LogP contribution >= 0.6 is 15.9 Å². The van der Waals surface area contributed by atoms with E-state index in [0.717, 1.165) is 0 Å². The van der Waals surface area contributed by atoms with Crippen LogP contribution in [0.1, 0.15) is 30.6 Å². The second kappa shape index (κ2) is 6.85. The summed E-state index contributed by atoms with van der Waals surface area (Å²) in [4.78, 5) is 11.9. The third-order valence-electron chi connectivity index (χ3n) is 2.51. The highest BCUT2D eigenvalue weighted by Gasteiger charge is 2.17. The largest absolute Gasteiger partial charge is 0.394 e. The van der Waals surface area contributed by atoms with Crippen molar-refractivity contribution < 1.29 is 14.3 Å². The van der Waals surface area contributed by atoms with Crippen molar-refractivity contribution in [2.75, 3.05) is 6.61 Å². The third kappa shape index (κ3) is 4.07. The number of nitrogens with one attached hydrogen (secondary N) is 1. The van der Waals surface area contributed by atoms with Crippen molar-refractivity contribution in [1.29, 1.82) is 0 Å². The van der Waals surface area contributed by atoms with Gasteiger partial charge in [0.2, 0.25) is 0 Å². The van der Waals surface area contributed by atoms with Crippen LogP contribution in [0, 0.1) is 11.7 Å². The SMILES string of the molecule is CC(C)CC(CO)NC(=O)c1cccc(F)c1Br. The summed E-state index contributed by atoms with van der Waals surface area (Å²) in [5, 5.41) is 11.9. The molecule has 0 aromatic heterocycles. The number of carbonyl (C=O) groups is 1. The molecule has 0 saturated heterocycles. The van der Waals surface area contributed by atoms with Crippen molar-refractivity contribution in [2.45, 2.75) is 26.3 Å². The van der Waals surface area contributed by atoms with Crippen LogP contribution in [0.4, 0.5) is 4.39 Å². The van der Waals surface area contributed by atoms with Crippen molar-refractivity contribution in [1.82, 2.24) is 5.32 Å². The van der Waals surface area contributed by atoms with E-state index >= 15 is 0 Å². The van der Waals surface area contributed by atoms with Crippen molar-refractivity contribution >= 4 is 21.8 Å². The van der Waals surface area contributed by atoms with E-state index in [1.165, 1.54) is 18.2 Å². The van der Waals surface area contributed by atoms with E-state index in [1.54, 1.807) is 0 Å². The molecule has 0 fully saturated rings. The number of aliphatic hydroxyl groups is 1. The van der Waals surface area contributed by atoms with Crippen LogP contribution < -0.4 is 5.32 Å². The Morgan fingerprint density at radius 3 is 2.72 bits per heavy atom. The first-order valence-corrected chi connectivity index (χ1v) is 6.60. The van der Waals surface area contributed by atoms with E-state index in [-0.39, 0.29) is 28.6 Å². The Hall–Kier alpha value is -0.940. The lowest BCUT2D eigenvalue weighted by Gasteiger charge is -2.18. The molecule has 100 valence electrons. The molecule has 3 nitrogen and oxygen atoms in total. The Morgan fingerprint density at radius 2 is 2.17 bits per heavy atom. The van der Waals surface area contributed by atoms with E-state index in [9.17, 15) is 14.3 Å². The standard InChI is InChI=1S/C13H17BrFNO2/c1-8(2)6-9(7-17)16-13(18)10-4-3-5-11(15)12(10)14/h3-5,8-9,17H,6-7H2,1-2H3,(H,16,18). The number of hydrogen-bond acceptors (Lipinski definition) is 2. The second-order valence-corrected chi connectivity index (χ2v) is 5.38. The number of hydrogen-bond donors (Lipinski definition) is 2. The van der Waals surface area contributed by atoms with Gasteiger partial charge in [-0.3, -0.25) is 4.79 Å². The molecule has 1 atom stereocenters. The van der Waals surface area contributed by atoms with Gasteiger partial charge >= 0.3 is 0 Å². The summed E-state index contributed by atoms with van der Waals surface area (Å²) >= 11 is 3.05. The molecule has 0 spiro atoms. The first kappa shape index (κ1) is 15.1. The zero-order valence-electron chi connectivity index (χ0n) is 10.4. The third-order valence-corrected chi connectivity index (χ3v) is 3.31. The molecule has 1 unspecified atom stereocenters. The fourth-order valence-electron chi connectivity index (χ4n) is 1.69. The maximum atomic E-state index is 13.3. The number of carbonyl (C=O) groups excluding carboxylic acids is 1. The minimum absolute atomic E-state index is 0.128. The van der Waals surface area contributed by atoms with Crippen LogP contribution in [0.3, 0.4) is 0 Å². The van der Waals surface area contributed by atoms with E-state index in [2.05, 4.69) is 21.2 Å². The maximum Gasteiger partial charge on any atom is 0.252 e. The fraction of sp³-hybridized carbons (Fsp3) is 0.462. The van der Waals surface area contributed by atoms with Crippen LogP contribution in [0.5, 0.6) is 0 Å². The first-order valence-electron chi connectivity index (χ1n) is 5.81. The van der Waals surface area contributed by atoms with Gasteiger partial charge in [0.15, 0.2) is 0 Å². The summed E-state index contributed by atoms with van der Waals surface area (Å²) in [6.45, 7) is 3.89. The highest BCUT2D eigenvalue weighted by molar-refractivity contribution is 9.10. The van der Waals surface area contributed by atoms with Crippen LogP contribution in [-0.4, -0.2) is 23.7 Å².